The number of rotatable bonds is 3. The van der Waals surface area contributed by atoms with Crippen LogP contribution in [0.15, 0.2) is 84.4 Å². The van der Waals surface area contributed by atoms with E-state index in [9.17, 15) is 24.7 Å². The van der Waals surface area contributed by atoms with Crippen LogP contribution in [-0.4, -0.2) is 39.0 Å². The number of aryl methyl sites for hydroxylation is 1. The number of benzene rings is 3. The van der Waals surface area contributed by atoms with Crippen molar-refractivity contribution in [2.45, 2.75) is 31.1 Å². The van der Waals surface area contributed by atoms with Crippen molar-refractivity contribution < 1.29 is 29.5 Å². The number of phenolic OH excluding ortho intramolecular Hbond substituents is 1. The van der Waals surface area contributed by atoms with Crippen LogP contribution in [0.3, 0.4) is 0 Å². The van der Waals surface area contributed by atoms with Crippen molar-refractivity contribution >= 4 is 40.9 Å². The molecule has 0 radical (unpaired) electrons. The van der Waals surface area contributed by atoms with Gasteiger partial charge in [-0.25, -0.2) is 4.90 Å². The van der Waals surface area contributed by atoms with E-state index in [0.717, 1.165) is 5.57 Å². The summed E-state index contributed by atoms with van der Waals surface area (Å²) in [5.74, 6) is -5.78. The molecule has 0 spiro atoms. The van der Waals surface area contributed by atoms with Crippen LogP contribution in [0.1, 0.15) is 35.4 Å². The summed E-state index contributed by atoms with van der Waals surface area (Å²) in [5, 5.41) is 21.3. The maximum absolute atomic E-state index is 15.0. The zero-order valence-electron chi connectivity index (χ0n) is 22.6. The SMILES string of the molecule is Cc1cc(C2C3=CCC4C(=O)N(O)C(=O)C4C3CC3C(=O)N(c4cccc(Cl)c4)C(=O)C32c2ccccc2)ccc1O. The van der Waals surface area contributed by atoms with Crippen molar-refractivity contribution in [3.05, 3.63) is 106 Å². The number of amides is 4. The Morgan fingerprint density at radius 2 is 1.64 bits per heavy atom. The molecule has 7 rings (SSSR count). The molecule has 6 unspecified atom stereocenters. The third-order valence-corrected chi connectivity index (χ3v) is 9.93. The predicted molar refractivity (Wildman–Crippen MR) is 153 cm³/mol. The highest BCUT2D eigenvalue weighted by molar-refractivity contribution is 6.32. The molecule has 2 heterocycles. The Balaban J connectivity index is 1.52. The number of fused-ring (bicyclic) bond motifs is 4. The maximum atomic E-state index is 15.0. The van der Waals surface area contributed by atoms with Gasteiger partial charge in [0.1, 0.15) is 5.75 Å². The molecule has 4 amide bonds. The molecular formula is C33H27ClN2O6. The lowest BCUT2D eigenvalue weighted by Crippen LogP contribution is -2.53. The summed E-state index contributed by atoms with van der Waals surface area (Å²) in [6.45, 7) is 1.76. The summed E-state index contributed by atoms with van der Waals surface area (Å²) in [6.07, 6.45) is 2.29. The second-order valence-electron chi connectivity index (χ2n) is 11.6. The average Bonchev–Trinajstić information content (AvgIpc) is 3.35. The Morgan fingerprint density at radius 3 is 2.36 bits per heavy atom. The van der Waals surface area contributed by atoms with Crippen LogP contribution in [0.4, 0.5) is 5.69 Å². The van der Waals surface area contributed by atoms with Gasteiger partial charge in [-0.15, -0.1) is 0 Å². The summed E-state index contributed by atoms with van der Waals surface area (Å²) in [6, 6.07) is 21.0. The molecular weight excluding hydrogens is 556 g/mol. The Morgan fingerprint density at radius 1 is 0.881 bits per heavy atom. The minimum absolute atomic E-state index is 0.0935. The third-order valence-electron chi connectivity index (χ3n) is 9.70. The Hall–Kier alpha value is -4.27. The maximum Gasteiger partial charge on any atom is 0.257 e. The first-order valence-corrected chi connectivity index (χ1v) is 14.3. The molecule has 2 N–H and O–H groups in total. The highest BCUT2D eigenvalue weighted by atomic mass is 35.5. The van der Waals surface area contributed by atoms with Crippen LogP contribution in [-0.2, 0) is 24.6 Å². The van der Waals surface area contributed by atoms with E-state index in [1.54, 1.807) is 43.3 Å². The van der Waals surface area contributed by atoms with E-state index in [4.69, 9.17) is 11.6 Å². The second-order valence-corrected chi connectivity index (χ2v) is 12.1. The molecule has 0 bridgehead atoms. The zero-order valence-corrected chi connectivity index (χ0v) is 23.4. The minimum Gasteiger partial charge on any atom is -0.508 e. The molecule has 1 saturated carbocycles. The van der Waals surface area contributed by atoms with E-state index in [2.05, 4.69) is 0 Å². The molecule has 2 aliphatic carbocycles. The van der Waals surface area contributed by atoms with Gasteiger partial charge in [0.15, 0.2) is 0 Å². The van der Waals surface area contributed by atoms with E-state index < -0.39 is 58.6 Å². The monoisotopic (exact) mass is 582 g/mol. The van der Waals surface area contributed by atoms with Crippen molar-refractivity contribution in [1.29, 1.82) is 0 Å². The Labute approximate surface area is 246 Å². The van der Waals surface area contributed by atoms with E-state index in [-0.39, 0.29) is 23.7 Å². The van der Waals surface area contributed by atoms with Gasteiger partial charge in [-0.1, -0.05) is 71.8 Å². The van der Waals surface area contributed by atoms with Crippen molar-refractivity contribution in [2.75, 3.05) is 4.90 Å². The van der Waals surface area contributed by atoms with Crippen LogP contribution < -0.4 is 4.90 Å². The molecule has 42 heavy (non-hydrogen) atoms. The van der Waals surface area contributed by atoms with Crippen LogP contribution in [0.2, 0.25) is 5.02 Å². The van der Waals surface area contributed by atoms with Crippen LogP contribution >= 0.6 is 11.6 Å². The summed E-state index contributed by atoms with van der Waals surface area (Å²) in [7, 11) is 0. The van der Waals surface area contributed by atoms with Crippen molar-refractivity contribution in [3.8, 4) is 5.75 Å². The summed E-state index contributed by atoms with van der Waals surface area (Å²) in [5.41, 5.74) is 1.72. The number of aromatic hydroxyl groups is 1. The number of halogens is 1. The number of allylic oxidation sites excluding steroid dienone is 2. The lowest BCUT2D eigenvalue weighted by molar-refractivity contribution is -0.173. The number of hydroxylamine groups is 2. The van der Waals surface area contributed by atoms with Gasteiger partial charge in [0.05, 0.1) is 28.9 Å². The van der Waals surface area contributed by atoms with Gasteiger partial charge in [0, 0.05) is 10.9 Å². The average molecular weight is 583 g/mol. The molecule has 212 valence electrons. The van der Waals surface area contributed by atoms with E-state index >= 15 is 4.79 Å². The lowest BCUT2D eigenvalue weighted by atomic mass is 9.49. The Kier molecular flexibility index (Phi) is 5.94. The largest absolute Gasteiger partial charge is 0.508 e. The number of hydrogen-bond acceptors (Lipinski definition) is 6. The van der Waals surface area contributed by atoms with E-state index in [1.165, 1.54) is 4.90 Å². The van der Waals surface area contributed by atoms with Gasteiger partial charge in [-0.05, 0) is 66.6 Å². The molecule has 3 aromatic rings. The Bertz CT molecular complexity index is 1720. The molecule has 3 fully saturated rings. The summed E-state index contributed by atoms with van der Waals surface area (Å²) < 4.78 is 0. The minimum atomic E-state index is -1.39. The number of anilines is 1. The van der Waals surface area contributed by atoms with Gasteiger partial charge < -0.3 is 5.11 Å². The van der Waals surface area contributed by atoms with Crippen LogP contribution in [0.25, 0.3) is 0 Å². The van der Waals surface area contributed by atoms with E-state index in [1.807, 2.05) is 42.5 Å². The molecule has 3 aromatic carbocycles. The van der Waals surface area contributed by atoms with Gasteiger partial charge in [-0.3, -0.25) is 24.4 Å². The quantitative estimate of drug-likeness (QED) is 0.258. The van der Waals surface area contributed by atoms with E-state index in [0.29, 0.717) is 27.4 Å². The first kappa shape index (κ1) is 26.6. The smallest absolute Gasteiger partial charge is 0.257 e. The van der Waals surface area contributed by atoms with Crippen LogP contribution in [0, 0.1) is 30.6 Å². The van der Waals surface area contributed by atoms with Gasteiger partial charge >= 0.3 is 0 Å². The summed E-state index contributed by atoms with van der Waals surface area (Å²) >= 11 is 6.30. The fourth-order valence-electron chi connectivity index (χ4n) is 7.96. The fourth-order valence-corrected chi connectivity index (χ4v) is 8.14. The molecule has 0 aromatic heterocycles. The molecule has 4 aliphatic rings. The number of hydrogen-bond donors (Lipinski definition) is 2. The topological polar surface area (TPSA) is 115 Å². The molecule has 8 nitrogen and oxygen atoms in total. The van der Waals surface area contributed by atoms with Crippen LogP contribution in [0.5, 0.6) is 5.75 Å². The lowest BCUT2D eigenvalue weighted by Gasteiger charge is -2.50. The standard InChI is InChI=1S/C33H27ClN2O6/c1-17-14-18(10-13-26(17)37)28-22-11-12-23-27(31(40)36(42)29(23)38)24(22)16-25-30(39)35(21-9-5-8-20(34)15-21)32(41)33(25,28)19-6-3-2-4-7-19/h2-11,13-15,23-25,27-28,37,42H,12,16H2,1H3. The molecule has 6 atom stereocenters. The number of carbonyl (C=O) groups is 4. The van der Waals surface area contributed by atoms with Gasteiger partial charge in [0.2, 0.25) is 11.8 Å². The zero-order chi connectivity index (χ0) is 29.5. The number of imide groups is 2. The summed E-state index contributed by atoms with van der Waals surface area (Å²) in [4.78, 5) is 56.8. The van der Waals surface area contributed by atoms with Gasteiger partial charge in [-0.2, -0.15) is 5.06 Å². The van der Waals surface area contributed by atoms with Gasteiger partial charge in [0.25, 0.3) is 11.8 Å². The third kappa shape index (κ3) is 3.45. The molecule has 2 aliphatic heterocycles. The first-order valence-electron chi connectivity index (χ1n) is 13.9. The second kappa shape index (κ2) is 9.37. The number of phenols is 1. The molecule has 9 heteroatoms. The van der Waals surface area contributed by atoms with Crippen molar-refractivity contribution in [1.82, 2.24) is 5.06 Å². The first-order chi connectivity index (χ1) is 20.2. The predicted octanol–water partition coefficient (Wildman–Crippen LogP) is 4.91. The normalized spacial score (nSPS) is 30.3. The van der Waals surface area contributed by atoms with Crippen molar-refractivity contribution in [3.63, 3.8) is 0 Å². The highest BCUT2D eigenvalue weighted by Gasteiger charge is 2.70. The highest BCUT2D eigenvalue weighted by Crippen LogP contribution is 2.64. The fraction of sp³-hybridized carbons (Fsp3) is 0.273. The molecule has 2 saturated heterocycles. The van der Waals surface area contributed by atoms with Crippen molar-refractivity contribution in [2.24, 2.45) is 23.7 Å². The number of nitrogens with zero attached hydrogens (tertiary/aromatic N) is 2. The number of carbonyl (C=O) groups excluding carboxylic acids is 4.